The molecule has 2 N–H and O–H groups in total. The maximum atomic E-state index is 15.0. The smallest absolute Gasteiger partial charge is 0.422 e. The number of amides is 2. The van der Waals surface area contributed by atoms with Crippen LogP contribution >= 0.6 is 11.6 Å². The lowest BCUT2D eigenvalue weighted by Crippen LogP contribution is -2.48. The number of hydrogen-bond donors (Lipinski definition) is 2. The van der Waals surface area contributed by atoms with Gasteiger partial charge in [0.15, 0.2) is 6.61 Å². The number of aromatic nitrogens is 3. The highest BCUT2D eigenvalue weighted by molar-refractivity contribution is 6.31. The molecule has 3 heterocycles. The number of hydrogen-bond acceptors (Lipinski definition) is 6. The van der Waals surface area contributed by atoms with Gasteiger partial charge in [-0.2, -0.15) is 23.3 Å². The van der Waals surface area contributed by atoms with E-state index in [2.05, 4.69) is 25.2 Å². The van der Waals surface area contributed by atoms with Gasteiger partial charge in [-0.25, -0.2) is 14.3 Å². The Labute approximate surface area is 225 Å². The fourth-order valence-corrected chi connectivity index (χ4v) is 4.55. The molecule has 1 aliphatic heterocycles. The summed E-state index contributed by atoms with van der Waals surface area (Å²) in [7, 11) is 0. The first kappa shape index (κ1) is 28.1. The molecule has 0 saturated heterocycles. The van der Waals surface area contributed by atoms with Gasteiger partial charge < -0.3 is 19.7 Å². The van der Waals surface area contributed by atoms with E-state index in [9.17, 15) is 27.2 Å². The third kappa shape index (κ3) is 6.77. The summed E-state index contributed by atoms with van der Waals surface area (Å²) in [6.07, 6.45) is -3.60. The average molecular weight is 570 g/mol. The minimum atomic E-state index is -4.52. The molecule has 0 fully saturated rings. The number of fused-ring (bicyclic) bond motifs is 1. The number of urea groups is 1. The Morgan fingerprint density at radius 2 is 1.95 bits per heavy atom. The number of rotatable bonds is 7. The summed E-state index contributed by atoms with van der Waals surface area (Å²) in [5, 5.41) is 9.17. The predicted molar refractivity (Wildman–Crippen MR) is 133 cm³/mol. The molecule has 0 spiro atoms. The zero-order valence-corrected chi connectivity index (χ0v) is 21.6. The molecule has 2 unspecified atom stereocenters. The summed E-state index contributed by atoms with van der Waals surface area (Å²) in [6, 6.07) is 6.53. The van der Waals surface area contributed by atoms with Gasteiger partial charge in [-0.1, -0.05) is 24.6 Å². The molecular formula is C25H24ClF4N5O4. The maximum absolute atomic E-state index is 15.0. The molecular weight excluding hydrogens is 546 g/mol. The number of anilines is 1. The molecule has 0 bridgehead atoms. The van der Waals surface area contributed by atoms with Gasteiger partial charge >= 0.3 is 12.2 Å². The summed E-state index contributed by atoms with van der Waals surface area (Å²) in [5.41, 5.74) is 1.07. The van der Waals surface area contributed by atoms with Gasteiger partial charge in [0.2, 0.25) is 11.8 Å². The number of nitrogens with zero attached hydrogens (tertiary/aromatic N) is 3. The molecule has 2 atom stereocenters. The quantitative estimate of drug-likeness (QED) is 0.368. The number of pyridine rings is 1. The number of nitrogens with one attached hydrogen (secondary N) is 2. The van der Waals surface area contributed by atoms with Crippen LogP contribution in [0.15, 0.2) is 41.2 Å². The highest BCUT2D eigenvalue weighted by Gasteiger charge is 2.36. The van der Waals surface area contributed by atoms with Crippen molar-refractivity contribution in [2.45, 2.75) is 51.6 Å². The van der Waals surface area contributed by atoms with Gasteiger partial charge in [0, 0.05) is 34.8 Å². The molecule has 208 valence electrons. The molecule has 9 nitrogen and oxygen atoms in total. The van der Waals surface area contributed by atoms with Crippen molar-refractivity contribution >= 4 is 23.3 Å². The first-order valence-electron chi connectivity index (χ1n) is 11.9. The molecule has 3 aromatic rings. The van der Waals surface area contributed by atoms with Crippen molar-refractivity contribution in [2.75, 3.05) is 11.9 Å². The summed E-state index contributed by atoms with van der Waals surface area (Å²) < 4.78 is 62.1. The maximum Gasteiger partial charge on any atom is 0.422 e. The summed E-state index contributed by atoms with van der Waals surface area (Å²) in [5.74, 6) is -1.12. The van der Waals surface area contributed by atoms with Crippen LogP contribution in [-0.2, 0) is 13.0 Å². The topological polar surface area (TPSA) is 109 Å². The zero-order valence-electron chi connectivity index (χ0n) is 20.8. The lowest BCUT2D eigenvalue weighted by molar-refractivity contribution is -0.154. The average Bonchev–Trinajstić information content (AvgIpc) is 2.87. The van der Waals surface area contributed by atoms with Gasteiger partial charge in [0.1, 0.15) is 12.4 Å². The fraction of sp³-hybridized carbons (Fsp3) is 0.360. The number of benzene rings is 1. The van der Waals surface area contributed by atoms with E-state index in [4.69, 9.17) is 16.3 Å². The Morgan fingerprint density at radius 1 is 1.23 bits per heavy atom. The van der Waals surface area contributed by atoms with E-state index in [1.54, 1.807) is 4.90 Å². The number of ether oxygens (including phenoxy) is 2. The van der Waals surface area contributed by atoms with Crippen LogP contribution in [-0.4, -0.2) is 44.9 Å². The van der Waals surface area contributed by atoms with Crippen molar-refractivity contribution in [3.63, 3.8) is 0 Å². The van der Waals surface area contributed by atoms with E-state index in [1.165, 1.54) is 30.3 Å². The van der Waals surface area contributed by atoms with Gasteiger partial charge in [-0.3, -0.25) is 4.79 Å². The van der Waals surface area contributed by atoms with Crippen LogP contribution in [0.2, 0.25) is 5.02 Å². The highest BCUT2D eigenvalue weighted by atomic mass is 35.5. The third-order valence-electron chi connectivity index (χ3n) is 6.02. The van der Waals surface area contributed by atoms with Crippen LogP contribution in [0.25, 0.3) is 0 Å². The fourth-order valence-electron chi connectivity index (χ4n) is 4.33. The van der Waals surface area contributed by atoms with E-state index in [0.717, 1.165) is 11.6 Å². The number of alkyl halides is 3. The number of aromatic amines is 1. The van der Waals surface area contributed by atoms with Gasteiger partial charge in [0.25, 0.3) is 5.56 Å². The van der Waals surface area contributed by atoms with Crippen LogP contribution in [0, 0.1) is 5.82 Å². The Hall–Kier alpha value is -3.87. The van der Waals surface area contributed by atoms with E-state index >= 15 is 0 Å². The standard InChI is InChI=1S/C25H24ClF4N5O4/c1-3-19-23-14(9-20(36)33-34-23)7-13(2)35(19)24(37)31-18-10-16(26)15(8-17(18)27)11-38-21-5-4-6-22(32-21)39-12-25(28,29)30/h4-6,8-10,13,19H,3,7,11-12H2,1-2H3,(H,31,37)(H,33,36). The van der Waals surface area contributed by atoms with Crippen LogP contribution < -0.4 is 20.3 Å². The normalized spacial score (nSPS) is 16.9. The van der Waals surface area contributed by atoms with Crippen LogP contribution in [0.4, 0.5) is 28.0 Å². The van der Waals surface area contributed by atoms with E-state index in [-0.39, 0.29) is 46.2 Å². The Balaban J connectivity index is 1.45. The molecule has 0 radical (unpaired) electrons. The lowest BCUT2D eigenvalue weighted by Gasteiger charge is -2.40. The number of carbonyl (C=O) groups is 1. The summed E-state index contributed by atoms with van der Waals surface area (Å²) in [4.78, 5) is 30.3. The van der Waals surface area contributed by atoms with Gasteiger partial charge in [0.05, 0.1) is 17.4 Å². The van der Waals surface area contributed by atoms with Crippen LogP contribution in [0.5, 0.6) is 11.8 Å². The molecule has 2 amide bonds. The van der Waals surface area contributed by atoms with Crippen LogP contribution in [0.3, 0.4) is 0 Å². The monoisotopic (exact) mass is 569 g/mol. The minimum Gasteiger partial charge on any atom is -0.473 e. The van der Waals surface area contributed by atoms with E-state index in [0.29, 0.717) is 18.5 Å². The highest BCUT2D eigenvalue weighted by Crippen LogP contribution is 2.34. The number of halogens is 5. The third-order valence-corrected chi connectivity index (χ3v) is 6.37. The van der Waals surface area contributed by atoms with Gasteiger partial charge in [-0.05, 0) is 37.5 Å². The number of H-pyrrole nitrogens is 1. The predicted octanol–water partition coefficient (Wildman–Crippen LogP) is 5.41. The van der Waals surface area contributed by atoms with Crippen molar-refractivity contribution < 1.29 is 31.8 Å². The largest absolute Gasteiger partial charge is 0.473 e. The first-order valence-corrected chi connectivity index (χ1v) is 12.3. The van der Waals surface area contributed by atoms with Crippen LogP contribution in [0.1, 0.15) is 43.1 Å². The molecule has 4 rings (SSSR count). The van der Waals surface area contributed by atoms with Crippen molar-refractivity contribution in [3.8, 4) is 11.8 Å². The van der Waals surface area contributed by atoms with Crippen molar-refractivity contribution in [2.24, 2.45) is 0 Å². The Morgan fingerprint density at radius 3 is 2.64 bits per heavy atom. The van der Waals surface area contributed by atoms with E-state index in [1.807, 2.05) is 13.8 Å². The van der Waals surface area contributed by atoms with Crippen molar-refractivity contribution in [1.29, 1.82) is 0 Å². The summed E-state index contributed by atoms with van der Waals surface area (Å²) >= 11 is 6.31. The Bertz CT molecular complexity index is 1420. The molecule has 14 heteroatoms. The second kappa shape index (κ2) is 11.5. The first-order chi connectivity index (χ1) is 18.4. The zero-order chi connectivity index (χ0) is 28.3. The van der Waals surface area contributed by atoms with Crippen molar-refractivity contribution in [3.05, 3.63) is 74.4 Å². The molecule has 39 heavy (non-hydrogen) atoms. The molecule has 1 aromatic carbocycles. The number of carbonyl (C=O) groups excluding carboxylic acids is 1. The van der Waals surface area contributed by atoms with Crippen molar-refractivity contribution in [1.82, 2.24) is 20.1 Å². The van der Waals surface area contributed by atoms with E-state index < -0.39 is 30.7 Å². The van der Waals surface area contributed by atoms with Gasteiger partial charge in [-0.15, -0.1) is 0 Å². The Kier molecular flexibility index (Phi) is 8.28. The molecule has 0 aliphatic carbocycles. The second-order valence-corrected chi connectivity index (χ2v) is 9.29. The summed E-state index contributed by atoms with van der Waals surface area (Å²) in [6.45, 7) is 1.94. The molecule has 2 aromatic heterocycles. The minimum absolute atomic E-state index is 0.0524. The SMILES string of the molecule is CCC1c2n[nH]c(=O)cc2CC(C)N1C(=O)Nc1cc(Cl)c(COc2cccc(OCC(F)(F)F)n2)cc1F. The second-order valence-electron chi connectivity index (χ2n) is 8.89. The molecule has 1 aliphatic rings. The molecule has 0 saturated carbocycles. The lowest BCUT2D eigenvalue weighted by atomic mass is 9.92.